The Hall–Kier alpha value is -1.59. The van der Waals surface area contributed by atoms with E-state index in [2.05, 4.69) is 5.32 Å². The van der Waals surface area contributed by atoms with Gasteiger partial charge in [-0.05, 0) is 24.6 Å². The molecule has 0 spiro atoms. The maximum atomic E-state index is 11.7. The zero-order valence-corrected chi connectivity index (χ0v) is 12.3. The molecule has 1 aromatic carbocycles. The Morgan fingerprint density at radius 2 is 2.00 bits per heavy atom. The lowest BCUT2D eigenvalue weighted by Gasteiger charge is -2.08. The molecule has 0 saturated heterocycles. The normalized spacial score (nSPS) is 10.2. The van der Waals surface area contributed by atoms with Crippen molar-refractivity contribution in [2.75, 3.05) is 25.6 Å². The Morgan fingerprint density at radius 3 is 2.70 bits per heavy atom. The van der Waals surface area contributed by atoms with Crippen molar-refractivity contribution in [3.05, 3.63) is 28.8 Å². The number of amides is 1. The second-order valence-corrected chi connectivity index (χ2v) is 4.66. The summed E-state index contributed by atoms with van der Waals surface area (Å²) in [5.74, 6) is -0.668. The molecule has 0 heterocycles. The summed E-state index contributed by atoms with van der Waals surface area (Å²) in [4.78, 5) is 23.0. The van der Waals surface area contributed by atoms with Gasteiger partial charge in [0.15, 0.2) is 0 Å². The number of methoxy groups -OCH3 is 1. The fraction of sp³-hybridized carbons (Fsp3) is 0.429. The Bertz CT molecular complexity index is 476. The zero-order chi connectivity index (χ0) is 15.0. The number of benzene rings is 1. The Balaban J connectivity index is 2.36. The van der Waals surface area contributed by atoms with Crippen molar-refractivity contribution in [3.8, 4) is 0 Å². The van der Waals surface area contributed by atoms with Gasteiger partial charge in [0.25, 0.3) is 0 Å². The van der Waals surface area contributed by atoms with Crippen molar-refractivity contribution < 1.29 is 19.1 Å². The molecule has 0 aliphatic rings. The summed E-state index contributed by atoms with van der Waals surface area (Å²) in [6.45, 7) is 2.41. The lowest BCUT2D eigenvalue weighted by molar-refractivity contribution is -0.145. The van der Waals surface area contributed by atoms with Gasteiger partial charge in [0.05, 0.1) is 13.0 Å². The van der Waals surface area contributed by atoms with Gasteiger partial charge < -0.3 is 14.8 Å². The summed E-state index contributed by atoms with van der Waals surface area (Å²) in [6.07, 6.45) is 0.104. The third-order valence-electron chi connectivity index (χ3n) is 2.58. The number of hydrogen-bond acceptors (Lipinski definition) is 4. The minimum atomic E-state index is -0.417. The number of esters is 1. The van der Waals surface area contributed by atoms with Crippen LogP contribution in [-0.4, -0.2) is 32.2 Å². The number of ether oxygens (including phenoxy) is 2. The van der Waals surface area contributed by atoms with Crippen LogP contribution in [0.15, 0.2) is 18.2 Å². The number of anilines is 1. The molecule has 6 heteroatoms. The number of halogens is 1. The number of hydrogen-bond donors (Lipinski definition) is 1. The molecule has 0 atom stereocenters. The highest BCUT2D eigenvalue weighted by Gasteiger charge is 2.09. The van der Waals surface area contributed by atoms with Crippen LogP contribution in [-0.2, 0) is 19.1 Å². The maximum Gasteiger partial charge on any atom is 0.306 e. The first kappa shape index (κ1) is 16.5. The average molecular weight is 300 g/mol. The topological polar surface area (TPSA) is 64.6 Å². The second-order valence-electron chi connectivity index (χ2n) is 4.22. The molecule has 0 radical (unpaired) electrons. The van der Waals surface area contributed by atoms with E-state index in [1.54, 1.807) is 12.1 Å². The van der Waals surface area contributed by atoms with Gasteiger partial charge in [-0.15, -0.1) is 0 Å². The van der Waals surface area contributed by atoms with Crippen molar-refractivity contribution in [1.29, 1.82) is 0 Å². The Labute approximate surface area is 123 Å². The molecule has 0 bridgehead atoms. The SMILES string of the molecule is COCCOC(=O)CCC(=O)Nc1cc(Cl)ccc1C. The molecular weight excluding hydrogens is 282 g/mol. The zero-order valence-electron chi connectivity index (χ0n) is 11.6. The summed E-state index contributed by atoms with van der Waals surface area (Å²) in [7, 11) is 1.52. The molecule has 0 aromatic heterocycles. The smallest absolute Gasteiger partial charge is 0.306 e. The lowest BCUT2D eigenvalue weighted by Crippen LogP contribution is -2.16. The van der Waals surface area contributed by atoms with Crippen LogP contribution in [0.4, 0.5) is 5.69 Å². The molecule has 5 nitrogen and oxygen atoms in total. The Kier molecular flexibility index (Phi) is 7.04. The number of carbonyl (C=O) groups excluding carboxylic acids is 2. The summed E-state index contributed by atoms with van der Waals surface area (Å²) in [5, 5.41) is 3.26. The van der Waals surface area contributed by atoms with Crippen molar-refractivity contribution in [3.63, 3.8) is 0 Å². The van der Waals surface area contributed by atoms with Crippen molar-refractivity contribution >= 4 is 29.2 Å². The van der Waals surface area contributed by atoms with E-state index in [0.717, 1.165) is 5.56 Å². The quantitative estimate of drug-likeness (QED) is 0.621. The van der Waals surface area contributed by atoms with Gasteiger partial charge in [-0.3, -0.25) is 9.59 Å². The number of carbonyl (C=O) groups is 2. The predicted octanol–water partition coefficient (Wildman–Crippen LogP) is 2.56. The van der Waals surface area contributed by atoms with E-state index in [-0.39, 0.29) is 25.4 Å². The van der Waals surface area contributed by atoms with Gasteiger partial charge in [-0.2, -0.15) is 0 Å². The van der Waals surface area contributed by atoms with Crippen LogP contribution in [0.2, 0.25) is 5.02 Å². The fourth-order valence-corrected chi connectivity index (χ4v) is 1.64. The van der Waals surface area contributed by atoms with E-state index in [0.29, 0.717) is 17.3 Å². The first-order chi connectivity index (χ1) is 9.52. The van der Waals surface area contributed by atoms with Gasteiger partial charge in [-0.1, -0.05) is 17.7 Å². The van der Waals surface area contributed by atoms with Gasteiger partial charge in [-0.25, -0.2) is 0 Å². The molecule has 0 unspecified atom stereocenters. The van der Waals surface area contributed by atoms with E-state index in [1.807, 2.05) is 13.0 Å². The van der Waals surface area contributed by atoms with Crippen molar-refractivity contribution in [2.45, 2.75) is 19.8 Å². The molecule has 0 aliphatic carbocycles. The molecule has 0 saturated carbocycles. The van der Waals surface area contributed by atoms with Gasteiger partial charge in [0.2, 0.25) is 5.91 Å². The predicted molar refractivity (Wildman–Crippen MR) is 76.9 cm³/mol. The standard InChI is InChI=1S/C14H18ClNO4/c1-10-3-4-11(15)9-12(10)16-13(17)5-6-14(18)20-8-7-19-2/h3-4,9H,5-8H2,1-2H3,(H,16,17). The van der Waals surface area contributed by atoms with Crippen LogP contribution in [0.5, 0.6) is 0 Å². The van der Waals surface area contributed by atoms with Crippen molar-refractivity contribution in [1.82, 2.24) is 0 Å². The van der Waals surface area contributed by atoms with E-state index in [1.165, 1.54) is 7.11 Å². The van der Waals surface area contributed by atoms with Crippen LogP contribution in [0.3, 0.4) is 0 Å². The number of nitrogens with one attached hydrogen (secondary N) is 1. The van der Waals surface area contributed by atoms with Crippen LogP contribution in [0.25, 0.3) is 0 Å². The summed E-state index contributed by atoms with van der Waals surface area (Å²) >= 11 is 5.86. The average Bonchev–Trinajstić information content (AvgIpc) is 2.41. The number of aryl methyl sites for hydroxylation is 1. The minimum absolute atomic E-state index is 0.0369. The molecule has 1 N–H and O–H groups in total. The fourth-order valence-electron chi connectivity index (χ4n) is 1.47. The van der Waals surface area contributed by atoms with E-state index >= 15 is 0 Å². The summed E-state index contributed by atoms with van der Waals surface area (Å²) in [6, 6.07) is 5.24. The molecule has 1 aromatic rings. The highest BCUT2D eigenvalue weighted by Crippen LogP contribution is 2.20. The molecule has 0 fully saturated rings. The van der Waals surface area contributed by atoms with Crippen LogP contribution < -0.4 is 5.32 Å². The molecule has 0 aliphatic heterocycles. The largest absolute Gasteiger partial charge is 0.463 e. The highest BCUT2D eigenvalue weighted by atomic mass is 35.5. The van der Waals surface area contributed by atoms with E-state index < -0.39 is 5.97 Å². The maximum absolute atomic E-state index is 11.7. The van der Waals surface area contributed by atoms with Crippen LogP contribution in [0, 0.1) is 6.92 Å². The van der Waals surface area contributed by atoms with Gasteiger partial charge in [0.1, 0.15) is 6.61 Å². The molecular formula is C14H18ClNO4. The van der Waals surface area contributed by atoms with Gasteiger partial charge in [0, 0.05) is 24.2 Å². The minimum Gasteiger partial charge on any atom is -0.463 e. The Morgan fingerprint density at radius 1 is 1.25 bits per heavy atom. The van der Waals surface area contributed by atoms with Crippen LogP contribution in [0.1, 0.15) is 18.4 Å². The highest BCUT2D eigenvalue weighted by molar-refractivity contribution is 6.31. The van der Waals surface area contributed by atoms with Crippen molar-refractivity contribution in [2.24, 2.45) is 0 Å². The third-order valence-corrected chi connectivity index (χ3v) is 2.82. The molecule has 20 heavy (non-hydrogen) atoms. The molecule has 1 rings (SSSR count). The lowest BCUT2D eigenvalue weighted by atomic mass is 10.2. The summed E-state index contributed by atoms with van der Waals surface area (Å²) in [5.41, 5.74) is 1.56. The van der Waals surface area contributed by atoms with E-state index in [9.17, 15) is 9.59 Å². The van der Waals surface area contributed by atoms with Gasteiger partial charge >= 0.3 is 5.97 Å². The summed E-state index contributed by atoms with van der Waals surface area (Å²) < 4.78 is 9.61. The first-order valence-electron chi connectivity index (χ1n) is 6.23. The second kappa shape index (κ2) is 8.55. The molecule has 1 amide bonds. The first-order valence-corrected chi connectivity index (χ1v) is 6.61. The number of rotatable bonds is 7. The monoisotopic (exact) mass is 299 g/mol. The van der Waals surface area contributed by atoms with E-state index in [4.69, 9.17) is 21.1 Å². The molecule has 110 valence electrons. The third kappa shape index (κ3) is 6.04. The van der Waals surface area contributed by atoms with Crippen LogP contribution >= 0.6 is 11.6 Å².